The Labute approximate surface area is 468 Å². The lowest BCUT2D eigenvalue weighted by atomic mass is 9.89. The third-order valence-electron chi connectivity index (χ3n) is 13.5. The lowest BCUT2D eigenvalue weighted by Crippen LogP contribution is -2.39. The van der Waals surface area contributed by atoms with Gasteiger partial charge >= 0.3 is 33.0 Å². The summed E-state index contributed by atoms with van der Waals surface area (Å²) < 4.78 is 105. The van der Waals surface area contributed by atoms with E-state index < -0.39 is 67.4 Å². The summed E-state index contributed by atoms with van der Waals surface area (Å²) in [4.78, 5) is 55.4. The summed E-state index contributed by atoms with van der Waals surface area (Å²) >= 11 is 0. The predicted molar refractivity (Wildman–Crippen MR) is 308 cm³/mol. The summed E-state index contributed by atoms with van der Waals surface area (Å²) in [6.07, 6.45) is 7.07. The first kappa shape index (κ1) is 66.8. The number of allylic oxidation sites excluding steroid dienone is 2. The maximum Gasteiger partial charge on any atom is 0.342 e. The summed E-state index contributed by atoms with van der Waals surface area (Å²) in [5, 5.41) is 13.5. The zero-order valence-electron chi connectivity index (χ0n) is 47.9. The van der Waals surface area contributed by atoms with Crippen LogP contribution >= 0.6 is 15.1 Å². The average molecular weight is 1200 g/mol. The highest BCUT2D eigenvalue weighted by molar-refractivity contribution is 7.88. The van der Waals surface area contributed by atoms with Crippen LogP contribution in [-0.2, 0) is 87.1 Å². The van der Waals surface area contributed by atoms with Crippen LogP contribution < -0.4 is 14.3 Å². The van der Waals surface area contributed by atoms with Crippen molar-refractivity contribution in [1.29, 1.82) is 0 Å². The van der Waals surface area contributed by atoms with Crippen molar-refractivity contribution in [1.82, 2.24) is 13.7 Å². The zero-order chi connectivity index (χ0) is 59.4. The van der Waals surface area contributed by atoms with Crippen LogP contribution in [0.25, 0.3) is 0 Å². The van der Waals surface area contributed by atoms with Crippen molar-refractivity contribution in [2.45, 2.75) is 126 Å². The number of ether oxygens (including phenoxy) is 4. The quantitative estimate of drug-likeness (QED) is 0.0175. The molecule has 0 radical (unpaired) electrons. The van der Waals surface area contributed by atoms with Crippen LogP contribution in [0.3, 0.4) is 0 Å². The second kappa shape index (κ2) is 28.3. The first-order valence-electron chi connectivity index (χ1n) is 26.2. The number of esters is 3. The summed E-state index contributed by atoms with van der Waals surface area (Å²) in [5.74, 6) is -0.774. The molecule has 0 saturated heterocycles. The molecule has 0 fully saturated rings. The van der Waals surface area contributed by atoms with Crippen molar-refractivity contribution >= 4 is 61.1 Å². The van der Waals surface area contributed by atoms with Gasteiger partial charge in [-0.15, -0.1) is 0 Å². The number of nitrogens with zero attached hydrogens (tertiary/aromatic N) is 2. The fraction of sp³-hybridized carbons (Fsp3) is 0.537. The molecule has 4 N–H and O–H groups in total. The van der Waals surface area contributed by atoms with E-state index in [-0.39, 0.29) is 75.9 Å². The molecule has 0 bridgehead atoms. The number of phenolic OH excluding ortho intramolecular Hbond substituents is 1. The molecule has 3 aromatic carbocycles. The zero-order valence-corrected chi connectivity index (χ0v) is 52.3. The molecule has 2 aliphatic heterocycles. The van der Waals surface area contributed by atoms with Crippen LogP contribution in [0.4, 0.5) is 0 Å². The number of nitrogens with one attached hydrogen (secondary N) is 1. The van der Waals surface area contributed by atoms with Gasteiger partial charge in [-0.25, -0.2) is 31.5 Å². The highest BCUT2D eigenvalue weighted by Crippen LogP contribution is 2.44. The molecule has 1 unspecified atom stereocenters. The van der Waals surface area contributed by atoms with Crippen LogP contribution in [0, 0.1) is 13.8 Å². The minimum Gasteiger partial charge on any atom is -0.507 e. The van der Waals surface area contributed by atoms with Crippen LogP contribution in [0.15, 0.2) is 53.6 Å². The second-order valence-electron chi connectivity index (χ2n) is 21.1. The molecule has 2 aliphatic rings. The molecule has 79 heavy (non-hydrogen) atoms. The van der Waals surface area contributed by atoms with Crippen molar-refractivity contribution in [2.24, 2.45) is 0 Å². The van der Waals surface area contributed by atoms with Crippen molar-refractivity contribution in [3.05, 3.63) is 109 Å². The van der Waals surface area contributed by atoms with Crippen LogP contribution in [0.5, 0.6) is 17.2 Å². The third kappa shape index (κ3) is 19.2. The number of benzene rings is 3. The lowest BCUT2D eigenvalue weighted by Gasteiger charge is -2.26. The molecule has 0 spiro atoms. The predicted octanol–water partition coefficient (Wildman–Crippen LogP) is 8.37. The van der Waals surface area contributed by atoms with Gasteiger partial charge in [0.2, 0.25) is 20.0 Å². The van der Waals surface area contributed by atoms with E-state index in [9.17, 15) is 45.5 Å². The number of rotatable bonds is 28. The standard InChI is InChI=1S/C35H53N2O9PSSi.C19H28NO8PS/c1-10-29-26(4)31-24-45-35(39)32(31)33(44-20-22-49(7,8)9)30(29)18-17-25(3)23-37(48(6,41)42)19-21-47(40,36-27(5)34(38)43-11-2)46-28-15-13-12-14-16-28;1-5-14-13(3)16-11-28-19(22)17(16)18(21)15(14)7-6-12(2)10-20(30(4,26)27)8-9-29(23,24)25/h12-17,27H,10-11,18-24H2,1-9H3,(H,36,40);6,21H,5,7-11H2,1-4H3,(H2,23,24,25)/b25-17+;12-6+/t27-,47?;/m0./s1. The SMILES string of the molecule is CCOC(=O)[C@H](C)NP(=O)(CCN(C/C(C)=C/Cc1c(CC)c(C)c2c(c1OCC[Si](C)(C)C)C(=O)OC2)S(C)(=O)=O)Oc1ccccc1.CCc1c(C)c2c(c(O)c1C/C=C(\C)CN(CCP(=O)(O)O)S(C)(=O)=O)C(=O)OC2. The smallest absolute Gasteiger partial charge is 0.342 e. The van der Waals surface area contributed by atoms with Crippen molar-refractivity contribution in [3.8, 4) is 17.2 Å². The van der Waals surface area contributed by atoms with Gasteiger partial charge in [-0.3, -0.25) is 13.9 Å². The molecule has 440 valence electrons. The van der Waals surface area contributed by atoms with E-state index in [0.717, 1.165) is 68.2 Å². The number of sulfonamides is 2. The Morgan fingerprint density at radius 2 is 1.27 bits per heavy atom. The highest BCUT2D eigenvalue weighted by atomic mass is 32.2. The number of hydrogen-bond donors (Lipinski definition) is 4. The Kier molecular flexibility index (Phi) is 24.0. The van der Waals surface area contributed by atoms with Gasteiger partial charge in [0.05, 0.1) is 38.0 Å². The molecule has 2 heterocycles. The molecule has 2 atom stereocenters. The van der Waals surface area contributed by atoms with Gasteiger partial charge in [-0.1, -0.05) is 75.0 Å². The number of aromatic hydroxyl groups is 1. The Morgan fingerprint density at radius 3 is 1.75 bits per heavy atom. The van der Waals surface area contributed by atoms with Gasteiger partial charge < -0.3 is 38.4 Å². The van der Waals surface area contributed by atoms with Crippen molar-refractivity contribution in [3.63, 3.8) is 0 Å². The first-order valence-corrected chi connectivity index (χ1v) is 37.2. The number of cyclic esters (lactones) is 2. The average Bonchev–Trinajstić information content (AvgIpc) is 3.99. The Balaban J connectivity index is 0.000000383. The Morgan fingerprint density at radius 1 is 0.785 bits per heavy atom. The molecule has 0 amide bonds. The fourth-order valence-corrected chi connectivity index (χ4v) is 14.3. The maximum absolute atomic E-state index is 14.1. The minimum absolute atomic E-state index is 0.0347. The fourth-order valence-electron chi connectivity index (χ4n) is 9.13. The van der Waals surface area contributed by atoms with Crippen LogP contribution in [0.2, 0.25) is 25.7 Å². The number of carbonyl (C=O) groups excluding carboxylic acids is 3. The number of carbonyl (C=O) groups is 3. The van der Waals surface area contributed by atoms with Gasteiger partial charge in [-0.2, -0.15) is 8.61 Å². The molecule has 0 aliphatic carbocycles. The van der Waals surface area contributed by atoms with Gasteiger partial charge in [-0.05, 0) is 108 Å². The van der Waals surface area contributed by atoms with E-state index in [1.807, 2.05) is 33.8 Å². The second-order valence-corrected chi connectivity index (χ2v) is 34.7. The summed E-state index contributed by atoms with van der Waals surface area (Å²) in [6.45, 7) is 22.0. The maximum atomic E-state index is 14.1. The molecular weight excluding hydrogens is 1120 g/mol. The largest absolute Gasteiger partial charge is 0.507 e. The molecule has 5 rings (SSSR count). The minimum atomic E-state index is -4.33. The van der Waals surface area contributed by atoms with Gasteiger partial charge in [0, 0.05) is 56.5 Å². The van der Waals surface area contributed by atoms with E-state index in [1.54, 1.807) is 50.3 Å². The Hall–Kier alpha value is -4.67. The summed E-state index contributed by atoms with van der Waals surface area (Å²) in [5.41, 5.74) is 9.04. The van der Waals surface area contributed by atoms with Gasteiger partial charge in [0.1, 0.15) is 47.6 Å². The normalized spacial score (nSPS) is 15.2. The molecule has 3 aromatic rings. The van der Waals surface area contributed by atoms with E-state index in [4.69, 9.17) is 33.3 Å². The molecule has 20 nitrogen and oxygen atoms in total. The van der Waals surface area contributed by atoms with Crippen molar-refractivity contribution in [2.75, 3.05) is 64.2 Å². The van der Waals surface area contributed by atoms with Crippen LogP contribution in [-0.4, -0.2) is 137 Å². The number of fused-ring (bicyclic) bond motifs is 2. The topological polar surface area (TPSA) is 279 Å². The number of para-hydroxylation sites is 1. The van der Waals surface area contributed by atoms with Crippen LogP contribution in [0.1, 0.15) is 107 Å². The van der Waals surface area contributed by atoms with E-state index in [0.29, 0.717) is 53.2 Å². The Bertz CT molecular complexity index is 3100. The molecule has 0 saturated carbocycles. The van der Waals surface area contributed by atoms with E-state index in [1.165, 1.54) is 11.2 Å². The number of phenols is 1. The lowest BCUT2D eigenvalue weighted by molar-refractivity contribution is -0.144. The monoisotopic (exact) mass is 1200 g/mol. The first-order chi connectivity index (χ1) is 36.6. The summed E-state index contributed by atoms with van der Waals surface area (Å²) in [7, 11) is -17.0. The summed E-state index contributed by atoms with van der Waals surface area (Å²) in [6, 6.07) is 8.49. The van der Waals surface area contributed by atoms with E-state index >= 15 is 0 Å². The number of hydrogen-bond acceptors (Lipinski definition) is 15. The van der Waals surface area contributed by atoms with Gasteiger partial charge in [0.25, 0.3) is 0 Å². The van der Waals surface area contributed by atoms with Crippen molar-refractivity contribution < 1.29 is 78.7 Å². The molecule has 25 heteroatoms. The molecule has 0 aromatic heterocycles. The molecular formula is C54H81N3O17P2S2Si. The van der Waals surface area contributed by atoms with E-state index in [2.05, 4.69) is 31.7 Å². The van der Waals surface area contributed by atoms with Gasteiger partial charge in [0.15, 0.2) is 0 Å². The third-order valence-corrected chi connectivity index (χ3v) is 20.5. The highest BCUT2D eigenvalue weighted by Gasteiger charge is 2.35.